The zero-order valence-electron chi connectivity index (χ0n) is 12.6. The number of rotatable bonds is 0. The van der Waals surface area contributed by atoms with Crippen molar-refractivity contribution < 1.29 is 19.2 Å². The van der Waals surface area contributed by atoms with Crippen LogP contribution < -0.4 is 0 Å². The Labute approximate surface area is 128 Å². The first kappa shape index (κ1) is 23.0. The molecule has 0 saturated heterocycles. The first-order valence-corrected chi connectivity index (χ1v) is 8.16. The van der Waals surface area contributed by atoms with Gasteiger partial charge in [0.05, 0.1) is 0 Å². The summed E-state index contributed by atoms with van der Waals surface area (Å²) >= 11 is 1.81. The zero-order chi connectivity index (χ0) is 12.6. The molecule has 0 unspecified atom stereocenters. The van der Waals surface area contributed by atoms with Crippen molar-refractivity contribution in [1.29, 1.82) is 0 Å². The Hall–Kier alpha value is -0.109. The molecule has 0 nitrogen and oxygen atoms in total. The predicted molar refractivity (Wildman–Crippen MR) is 80.2 cm³/mol. The number of allylic oxidation sites excluding steroid dienone is 8. The molecule has 0 bridgehead atoms. The van der Waals surface area contributed by atoms with Crippen molar-refractivity contribution in [2.75, 3.05) is 0 Å². The molecule has 0 saturated carbocycles. The Morgan fingerprint density at radius 2 is 1.11 bits per heavy atom. The van der Waals surface area contributed by atoms with Crippen LogP contribution in [0.5, 0.6) is 0 Å². The van der Waals surface area contributed by atoms with Crippen LogP contribution in [0.2, 0.25) is 0 Å². The van der Waals surface area contributed by atoms with Gasteiger partial charge in [-0.2, -0.15) is 11.1 Å². The van der Waals surface area contributed by atoms with Gasteiger partial charge in [-0.25, -0.2) is 23.3 Å². The molecule has 0 atom stereocenters. The van der Waals surface area contributed by atoms with Gasteiger partial charge in [0.15, 0.2) is 0 Å². The van der Waals surface area contributed by atoms with Crippen molar-refractivity contribution in [3.8, 4) is 0 Å². The van der Waals surface area contributed by atoms with Crippen LogP contribution in [0.4, 0.5) is 0 Å². The van der Waals surface area contributed by atoms with E-state index in [1.807, 2.05) is 0 Å². The van der Waals surface area contributed by atoms with Gasteiger partial charge < -0.3 is 14.9 Å². The third-order valence-electron chi connectivity index (χ3n) is 2.72. The molecule has 0 aliphatic heterocycles. The van der Waals surface area contributed by atoms with Gasteiger partial charge in [-0.1, -0.05) is 13.8 Å². The molecule has 0 spiro atoms. The molecule has 2 aliphatic carbocycles. The summed E-state index contributed by atoms with van der Waals surface area (Å²) in [6.07, 6.45) is 12.4. The normalized spacial score (nSPS) is 15.1. The maximum atomic E-state index is 3.12. The monoisotopic (exact) mass is 292 g/mol. The van der Waals surface area contributed by atoms with E-state index in [2.05, 4.69) is 59.6 Å². The van der Waals surface area contributed by atoms with Crippen LogP contribution in [-0.2, 0) is 19.2 Å². The molecule has 0 aromatic rings. The summed E-state index contributed by atoms with van der Waals surface area (Å²) in [5, 5.41) is 0. The van der Waals surface area contributed by atoms with Gasteiger partial charge in [-0.3, -0.25) is 12.2 Å². The summed E-state index contributed by atoms with van der Waals surface area (Å²) in [6.45, 7) is 8.53. The fourth-order valence-electron chi connectivity index (χ4n) is 1.24. The van der Waals surface area contributed by atoms with Crippen molar-refractivity contribution in [2.45, 2.75) is 40.5 Å². The quantitative estimate of drug-likeness (QED) is 0.449. The molecule has 2 rings (SSSR count). The summed E-state index contributed by atoms with van der Waals surface area (Å²) in [6, 6.07) is 0. The summed E-state index contributed by atoms with van der Waals surface area (Å²) in [4.78, 5) is 0. The van der Waals surface area contributed by atoms with Crippen molar-refractivity contribution in [2.24, 2.45) is 0 Å². The fraction of sp³-hybridized carbons (Fsp3) is 0.375. The third kappa shape index (κ3) is 8.91. The molecule has 0 heterocycles. The molecule has 0 amide bonds. The van der Waals surface area contributed by atoms with Crippen LogP contribution >= 0.6 is 0 Å². The summed E-state index contributed by atoms with van der Waals surface area (Å²) < 4.78 is 0. The summed E-state index contributed by atoms with van der Waals surface area (Å²) in [7, 11) is 2.97. The van der Waals surface area contributed by atoms with Crippen LogP contribution in [0.15, 0.2) is 34.4 Å². The zero-order valence-corrected chi connectivity index (χ0v) is 15.1. The second-order valence-corrected chi connectivity index (χ2v) is 3.98. The molecule has 2 aliphatic rings. The van der Waals surface area contributed by atoms with E-state index in [1.54, 1.807) is 19.2 Å². The van der Waals surface area contributed by atoms with Gasteiger partial charge >= 0.3 is 26.8 Å². The minimum absolute atomic E-state index is 0. The Morgan fingerprint density at radius 3 is 1.17 bits per heavy atom. The van der Waals surface area contributed by atoms with E-state index in [0.29, 0.717) is 0 Å². The molecule has 2 heteroatoms. The van der Waals surface area contributed by atoms with Gasteiger partial charge in [-0.05, 0) is 0 Å². The minimum atomic E-state index is 0. The molecule has 0 N–H and O–H groups in total. The predicted octanol–water partition coefficient (Wildman–Crippen LogP) is 4.69. The molecule has 0 aromatic carbocycles. The van der Waals surface area contributed by atoms with Crippen molar-refractivity contribution in [3.05, 3.63) is 61.4 Å². The second-order valence-electron chi connectivity index (χ2n) is 3.98. The first-order chi connectivity index (χ1) is 7.61. The topological polar surface area (TPSA) is 0 Å². The number of hydrogen-bond acceptors (Lipinski definition) is 0. The van der Waals surface area contributed by atoms with Crippen molar-refractivity contribution in [1.82, 2.24) is 0 Å². The Balaban J connectivity index is -0.000000200. The standard InChI is InChI=1S/2C7H9.2CH3.Si.Ti/c2*1-6-4-3-5-7(6)2;;;;/h2*4H,5H2,1-2H3;2*1H3;;/q4*-1;;. The fourth-order valence-corrected chi connectivity index (χ4v) is 1.24. The van der Waals surface area contributed by atoms with Gasteiger partial charge in [0.2, 0.25) is 0 Å². The van der Waals surface area contributed by atoms with E-state index in [0.717, 1.165) is 12.8 Å². The third-order valence-corrected chi connectivity index (χ3v) is 2.72. The van der Waals surface area contributed by atoms with E-state index in [9.17, 15) is 0 Å². The summed E-state index contributed by atoms with van der Waals surface area (Å²) in [5.74, 6) is 0. The van der Waals surface area contributed by atoms with Crippen LogP contribution in [0.25, 0.3) is 0 Å². The second kappa shape index (κ2) is 13.3. The average Bonchev–Trinajstić information content (AvgIpc) is 2.83. The van der Waals surface area contributed by atoms with Gasteiger partial charge in [0.25, 0.3) is 0 Å². The van der Waals surface area contributed by atoms with Gasteiger partial charge in [0, 0.05) is 0 Å². The molecule has 0 fully saturated rings. The van der Waals surface area contributed by atoms with Crippen molar-refractivity contribution in [3.63, 3.8) is 0 Å². The van der Waals surface area contributed by atoms with Gasteiger partial charge in [-0.15, -0.1) is 26.7 Å². The average molecular weight is 292 g/mol. The van der Waals surface area contributed by atoms with Crippen LogP contribution in [0.1, 0.15) is 40.5 Å². The molecular formula is C16H24SiTi-4. The van der Waals surface area contributed by atoms with E-state index in [1.165, 1.54) is 22.3 Å². The van der Waals surface area contributed by atoms with E-state index < -0.39 is 0 Å². The maximum absolute atomic E-state index is 3.12. The van der Waals surface area contributed by atoms with E-state index >= 15 is 0 Å². The van der Waals surface area contributed by atoms with Crippen LogP contribution in [0.3, 0.4) is 0 Å². The molecule has 100 valence electrons. The molecular weight excluding hydrogens is 268 g/mol. The van der Waals surface area contributed by atoms with Crippen LogP contribution in [-0.4, -0.2) is 7.63 Å². The Morgan fingerprint density at radius 1 is 0.833 bits per heavy atom. The molecule has 18 heavy (non-hydrogen) atoms. The first-order valence-electron chi connectivity index (χ1n) is 5.32. The van der Waals surface area contributed by atoms with E-state index in [-0.39, 0.29) is 14.9 Å². The molecule has 0 aromatic heterocycles. The summed E-state index contributed by atoms with van der Waals surface area (Å²) in [5.41, 5.74) is 5.69. The molecule has 2 radical (unpaired) electrons. The van der Waals surface area contributed by atoms with E-state index in [4.69, 9.17) is 0 Å². The SMILES string of the molecule is CC1=C(C)C[C-]=C1.CC1=C(C)C[C-]=C1.[CH3-].[CH3-].[Si]=[Ti]. The van der Waals surface area contributed by atoms with Crippen molar-refractivity contribution >= 4 is 7.63 Å². The number of hydrogen-bond donors (Lipinski definition) is 0. The van der Waals surface area contributed by atoms with Crippen LogP contribution in [0, 0.1) is 27.0 Å². The van der Waals surface area contributed by atoms with Gasteiger partial charge in [0.1, 0.15) is 0 Å². The Bertz CT molecular complexity index is 312. The Kier molecular flexibility index (Phi) is 17.0.